The van der Waals surface area contributed by atoms with Crippen LogP contribution in [-0.2, 0) is 10.0 Å². The van der Waals surface area contributed by atoms with Gasteiger partial charge in [-0.25, -0.2) is 22.2 Å². The van der Waals surface area contributed by atoms with E-state index in [-0.39, 0.29) is 19.2 Å². The van der Waals surface area contributed by atoms with Gasteiger partial charge in [-0.1, -0.05) is 23.5 Å². The van der Waals surface area contributed by atoms with Crippen molar-refractivity contribution in [3.63, 3.8) is 0 Å². The molecule has 4 rings (SSSR count). The van der Waals surface area contributed by atoms with E-state index in [0.29, 0.717) is 24.1 Å². The lowest BCUT2D eigenvalue weighted by Gasteiger charge is -2.30. The van der Waals surface area contributed by atoms with Crippen molar-refractivity contribution in [1.29, 1.82) is 0 Å². The van der Waals surface area contributed by atoms with Gasteiger partial charge in [0.15, 0.2) is 0 Å². The standard InChI is InChI=1S/C19H18F2N2O3S2/c1-12-3-2-4-16-18(12)22-19(27-16)26-14-7-9-23(10-8-14)28(24,25)17-6-5-13(20)11-15(17)21/h2-6,11,14H,7-10H2,1H3. The molecule has 0 bridgehead atoms. The summed E-state index contributed by atoms with van der Waals surface area (Å²) < 4.78 is 60.5. The summed E-state index contributed by atoms with van der Waals surface area (Å²) in [5.41, 5.74) is 1.99. The zero-order chi connectivity index (χ0) is 19.9. The molecule has 0 radical (unpaired) electrons. The first-order chi connectivity index (χ1) is 13.3. The van der Waals surface area contributed by atoms with Crippen LogP contribution in [0.3, 0.4) is 0 Å². The molecule has 0 N–H and O–H groups in total. The summed E-state index contributed by atoms with van der Waals surface area (Å²) in [6.45, 7) is 2.39. The number of aromatic nitrogens is 1. The molecule has 0 aliphatic carbocycles. The summed E-state index contributed by atoms with van der Waals surface area (Å²) in [6, 6.07) is 8.44. The van der Waals surface area contributed by atoms with E-state index in [4.69, 9.17) is 4.74 Å². The molecule has 148 valence electrons. The van der Waals surface area contributed by atoms with Crippen LogP contribution >= 0.6 is 11.3 Å². The summed E-state index contributed by atoms with van der Waals surface area (Å²) in [4.78, 5) is 4.02. The van der Waals surface area contributed by atoms with E-state index in [0.717, 1.165) is 27.9 Å². The van der Waals surface area contributed by atoms with Crippen molar-refractivity contribution in [3.8, 4) is 5.19 Å². The van der Waals surface area contributed by atoms with E-state index in [1.165, 1.54) is 15.6 Å². The summed E-state index contributed by atoms with van der Waals surface area (Å²) in [5, 5.41) is 0.565. The Balaban J connectivity index is 1.44. The smallest absolute Gasteiger partial charge is 0.274 e. The molecule has 1 fully saturated rings. The van der Waals surface area contributed by atoms with Crippen LogP contribution < -0.4 is 4.74 Å². The minimum Gasteiger partial charge on any atom is -0.467 e. The number of rotatable bonds is 4. The number of sulfonamides is 1. The lowest BCUT2D eigenvalue weighted by atomic mass is 10.1. The Bertz CT molecular complexity index is 1120. The molecule has 0 saturated carbocycles. The SMILES string of the molecule is Cc1cccc2sc(OC3CCN(S(=O)(=O)c4ccc(F)cc4F)CC3)nc12. The van der Waals surface area contributed by atoms with E-state index in [1.807, 2.05) is 25.1 Å². The van der Waals surface area contributed by atoms with Gasteiger partial charge in [-0.05, 0) is 43.5 Å². The zero-order valence-corrected chi connectivity index (χ0v) is 16.7. The van der Waals surface area contributed by atoms with E-state index in [1.54, 1.807) is 0 Å². The van der Waals surface area contributed by atoms with Gasteiger partial charge in [0, 0.05) is 19.2 Å². The summed E-state index contributed by atoms with van der Waals surface area (Å²) in [5.74, 6) is -1.89. The first-order valence-electron chi connectivity index (χ1n) is 8.82. The van der Waals surface area contributed by atoms with Crippen molar-refractivity contribution < 1.29 is 21.9 Å². The molecular weight excluding hydrogens is 406 g/mol. The Morgan fingerprint density at radius 3 is 2.61 bits per heavy atom. The molecule has 9 heteroatoms. The van der Waals surface area contributed by atoms with Gasteiger partial charge in [0.2, 0.25) is 10.0 Å². The number of para-hydroxylation sites is 1. The number of halogens is 2. The molecular formula is C19H18F2N2O3S2. The van der Waals surface area contributed by atoms with Crippen LogP contribution in [0.5, 0.6) is 5.19 Å². The lowest BCUT2D eigenvalue weighted by molar-refractivity contribution is 0.135. The number of fused-ring (bicyclic) bond motifs is 1. The predicted molar refractivity (Wildman–Crippen MR) is 103 cm³/mol. The molecule has 3 aromatic rings. The summed E-state index contributed by atoms with van der Waals surface area (Å²) in [6.07, 6.45) is 0.777. The maximum atomic E-state index is 13.9. The van der Waals surface area contributed by atoms with Crippen molar-refractivity contribution in [2.45, 2.75) is 30.8 Å². The second kappa shape index (κ2) is 7.38. The highest BCUT2D eigenvalue weighted by Crippen LogP contribution is 2.32. The third-order valence-corrected chi connectivity index (χ3v) is 7.62. The van der Waals surface area contributed by atoms with Gasteiger partial charge in [0.25, 0.3) is 5.19 Å². The van der Waals surface area contributed by atoms with Gasteiger partial charge >= 0.3 is 0 Å². The zero-order valence-electron chi connectivity index (χ0n) is 15.1. The molecule has 1 aliphatic heterocycles. The highest BCUT2D eigenvalue weighted by Gasteiger charge is 2.32. The highest BCUT2D eigenvalue weighted by molar-refractivity contribution is 7.89. The number of thiazole rings is 1. The number of ether oxygens (including phenoxy) is 1. The quantitative estimate of drug-likeness (QED) is 0.632. The second-order valence-corrected chi connectivity index (χ2v) is 9.60. The average Bonchev–Trinajstić information content (AvgIpc) is 3.06. The van der Waals surface area contributed by atoms with Gasteiger partial charge in [-0.2, -0.15) is 4.31 Å². The number of hydrogen-bond donors (Lipinski definition) is 0. The minimum absolute atomic E-state index is 0.162. The van der Waals surface area contributed by atoms with Crippen molar-refractivity contribution in [2.24, 2.45) is 0 Å². The lowest BCUT2D eigenvalue weighted by Crippen LogP contribution is -2.42. The molecule has 5 nitrogen and oxygen atoms in total. The van der Waals surface area contributed by atoms with Gasteiger partial charge in [0.1, 0.15) is 22.6 Å². The third kappa shape index (κ3) is 3.61. The van der Waals surface area contributed by atoms with Crippen LogP contribution in [0.15, 0.2) is 41.3 Å². The Morgan fingerprint density at radius 1 is 1.18 bits per heavy atom. The number of aryl methyl sites for hydroxylation is 1. The molecule has 1 aliphatic rings. The molecule has 0 spiro atoms. The normalized spacial score (nSPS) is 16.5. The average molecular weight is 424 g/mol. The third-order valence-electron chi connectivity index (χ3n) is 4.78. The fourth-order valence-corrected chi connectivity index (χ4v) is 5.75. The first kappa shape index (κ1) is 19.2. The highest BCUT2D eigenvalue weighted by atomic mass is 32.2. The number of hydrogen-bond acceptors (Lipinski definition) is 5. The van der Waals surface area contributed by atoms with E-state index < -0.39 is 26.6 Å². The van der Waals surface area contributed by atoms with Gasteiger partial charge in [-0.15, -0.1) is 0 Å². The fraction of sp³-hybridized carbons (Fsp3) is 0.316. The molecule has 2 aromatic carbocycles. The summed E-state index contributed by atoms with van der Waals surface area (Å²) >= 11 is 1.46. The fourth-order valence-electron chi connectivity index (χ4n) is 3.27. The van der Waals surface area contributed by atoms with E-state index >= 15 is 0 Å². The van der Waals surface area contributed by atoms with Crippen molar-refractivity contribution in [1.82, 2.24) is 9.29 Å². The van der Waals surface area contributed by atoms with Crippen LogP contribution in [0, 0.1) is 18.6 Å². The Kier molecular flexibility index (Phi) is 5.07. The molecule has 0 unspecified atom stereocenters. The maximum Gasteiger partial charge on any atom is 0.274 e. The van der Waals surface area contributed by atoms with Gasteiger partial charge in [-0.3, -0.25) is 0 Å². The van der Waals surface area contributed by atoms with Crippen molar-refractivity contribution in [3.05, 3.63) is 53.6 Å². The molecule has 1 aromatic heterocycles. The Hall–Kier alpha value is -2.10. The van der Waals surface area contributed by atoms with Crippen LogP contribution in [0.2, 0.25) is 0 Å². The van der Waals surface area contributed by atoms with Crippen LogP contribution in [0.1, 0.15) is 18.4 Å². The Labute approximate surface area is 165 Å². The van der Waals surface area contributed by atoms with Crippen LogP contribution in [0.25, 0.3) is 10.2 Å². The molecule has 28 heavy (non-hydrogen) atoms. The van der Waals surface area contributed by atoms with Crippen molar-refractivity contribution >= 4 is 31.6 Å². The molecule has 0 amide bonds. The van der Waals surface area contributed by atoms with Gasteiger partial charge < -0.3 is 4.74 Å². The maximum absolute atomic E-state index is 13.9. The minimum atomic E-state index is -4.01. The van der Waals surface area contributed by atoms with E-state index in [9.17, 15) is 17.2 Å². The monoisotopic (exact) mass is 424 g/mol. The topological polar surface area (TPSA) is 59.5 Å². The summed E-state index contributed by atoms with van der Waals surface area (Å²) in [7, 11) is -4.01. The van der Waals surface area contributed by atoms with Crippen LogP contribution in [0.4, 0.5) is 8.78 Å². The molecule has 2 heterocycles. The number of benzene rings is 2. The molecule has 0 atom stereocenters. The largest absolute Gasteiger partial charge is 0.467 e. The second-order valence-electron chi connectivity index (χ2n) is 6.70. The predicted octanol–water partition coefficient (Wildman–Crippen LogP) is 4.12. The van der Waals surface area contributed by atoms with E-state index in [2.05, 4.69) is 4.98 Å². The first-order valence-corrected chi connectivity index (χ1v) is 11.1. The Morgan fingerprint density at radius 2 is 1.93 bits per heavy atom. The molecule has 1 saturated heterocycles. The van der Waals surface area contributed by atoms with Crippen molar-refractivity contribution in [2.75, 3.05) is 13.1 Å². The number of piperidine rings is 1. The van der Waals surface area contributed by atoms with Crippen LogP contribution in [-0.4, -0.2) is 36.9 Å². The number of nitrogens with zero attached hydrogens (tertiary/aromatic N) is 2. The van der Waals surface area contributed by atoms with Gasteiger partial charge in [0.05, 0.1) is 10.2 Å².